The van der Waals surface area contributed by atoms with Gasteiger partial charge in [-0.15, -0.1) is 0 Å². The second kappa shape index (κ2) is 5.63. The zero-order valence-corrected chi connectivity index (χ0v) is 13.8. The molecule has 0 saturated heterocycles. The van der Waals surface area contributed by atoms with E-state index in [9.17, 15) is 9.59 Å². The molecule has 0 amide bonds. The van der Waals surface area contributed by atoms with Gasteiger partial charge in [-0.2, -0.15) is 9.78 Å². The van der Waals surface area contributed by atoms with Crippen LogP contribution in [0, 0.1) is 0 Å². The van der Waals surface area contributed by atoms with E-state index in [4.69, 9.17) is 17.3 Å². The molecule has 124 valence electrons. The topological polar surface area (TPSA) is 90.0 Å². The maximum absolute atomic E-state index is 13.1. The molecule has 1 unspecified atom stereocenters. The summed E-state index contributed by atoms with van der Waals surface area (Å²) in [5, 5.41) is 8.24. The van der Waals surface area contributed by atoms with Crippen LogP contribution in [0.3, 0.4) is 0 Å². The van der Waals surface area contributed by atoms with Crippen molar-refractivity contribution in [2.75, 3.05) is 17.6 Å². The molecular formula is C17H17ClN4O2. The van der Waals surface area contributed by atoms with Gasteiger partial charge >= 0.3 is 0 Å². The third kappa shape index (κ3) is 2.29. The van der Waals surface area contributed by atoms with Gasteiger partial charge in [-0.1, -0.05) is 23.7 Å². The molecule has 2 heterocycles. The smallest absolute Gasteiger partial charge is 0.256 e. The normalized spacial score (nSPS) is 19.4. The molecule has 0 saturated carbocycles. The maximum Gasteiger partial charge on any atom is 0.256 e. The van der Waals surface area contributed by atoms with E-state index in [0.29, 0.717) is 42.2 Å². The monoisotopic (exact) mass is 344 g/mol. The van der Waals surface area contributed by atoms with Gasteiger partial charge in [-0.05, 0) is 24.5 Å². The fourth-order valence-electron chi connectivity index (χ4n) is 3.53. The Morgan fingerprint density at radius 1 is 1.38 bits per heavy atom. The van der Waals surface area contributed by atoms with Crippen molar-refractivity contribution >= 4 is 34.8 Å². The predicted octanol–water partition coefficient (Wildman–Crippen LogP) is 2.42. The van der Waals surface area contributed by atoms with Crippen molar-refractivity contribution in [1.29, 1.82) is 0 Å². The Bertz CT molecular complexity index is 859. The number of anilines is 2. The number of aryl methyl sites for hydroxylation is 1. The van der Waals surface area contributed by atoms with Crippen LogP contribution in [0.25, 0.3) is 0 Å². The van der Waals surface area contributed by atoms with E-state index >= 15 is 0 Å². The molecule has 2 aromatic rings. The van der Waals surface area contributed by atoms with Gasteiger partial charge in [-0.3, -0.25) is 9.59 Å². The number of nitrogens with two attached hydrogens (primary N) is 1. The van der Waals surface area contributed by atoms with Gasteiger partial charge in [0.05, 0.1) is 22.3 Å². The van der Waals surface area contributed by atoms with E-state index in [1.807, 2.05) is 12.1 Å². The van der Waals surface area contributed by atoms with Gasteiger partial charge < -0.3 is 11.1 Å². The van der Waals surface area contributed by atoms with Crippen LogP contribution in [0.1, 0.15) is 40.4 Å². The van der Waals surface area contributed by atoms with E-state index < -0.39 is 0 Å². The van der Waals surface area contributed by atoms with Crippen LogP contribution in [-0.4, -0.2) is 28.0 Å². The second-order valence-corrected chi connectivity index (χ2v) is 6.66. The van der Waals surface area contributed by atoms with Crippen LogP contribution in [-0.2, 0) is 17.6 Å². The summed E-state index contributed by atoms with van der Waals surface area (Å²) < 4.78 is 1.28. The number of aromatic nitrogens is 2. The second-order valence-electron chi connectivity index (χ2n) is 6.25. The molecule has 1 aliphatic heterocycles. The number of nitrogens with one attached hydrogen (secondary N) is 1. The first kappa shape index (κ1) is 15.2. The molecule has 2 aliphatic rings. The standard InChI is InChI=1S/C17H17ClN4O2/c18-13-3-1-2-10-11(6-7-20-15(10)13)17(24)22-16(19)12-8-9(23)4-5-14(12)21-22/h1-3,11,20H,4-8,19H2. The third-order valence-corrected chi connectivity index (χ3v) is 5.10. The molecule has 1 aliphatic carbocycles. The number of hydrogen-bond donors (Lipinski definition) is 2. The average Bonchev–Trinajstić information content (AvgIpc) is 2.91. The molecule has 0 bridgehead atoms. The van der Waals surface area contributed by atoms with E-state index in [2.05, 4.69) is 10.4 Å². The van der Waals surface area contributed by atoms with Gasteiger partial charge in [-0.25, -0.2) is 0 Å². The Kier molecular flexibility index (Phi) is 3.57. The molecule has 0 spiro atoms. The molecule has 1 atom stereocenters. The number of carbonyl (C=O) groups is 2. The van der Waals surface area contributed by atoms with Crippen molar-refractivity contribution in [2.24, 2.45) is 0 Å². The SMILES string of the molecule is Nc1c2c(nn1C(=O)C1CCNc3c(Cl)cccc31)CCC(=O)C2. The number of rotatable bonds is 1. The van der Waals surface area contributed by atoms with Crippen LogP contribution in [0.2, 0.25) is 5.02 Å². The quantitative estimate of drug-likeness (QED) is 0.829. The number of hydrogen-bond acceptors (Lipinski definition) is 5. The minimum absolute atomic E-state index is 0.139. The van der Waals surface area contributed by atoms with Gasteiger partial charge in [0.25, 0.3) is 5.91 Å². The highest BCUT2D eigenvalue weighted by Crippen LogP contribution is 2.38. The first-order valence-electron chi connectivity index (χ1n) is 8.00. The zero-order valence-electron chi connectivity index (χ0n) is 13.0. The molecule has 4 rings (SSSR count). The summed E-state index contributed by atoms with van der Waals surface area (Å²) in [7, 11) is 0. The van der Waals surface area contributed by atoms with Crippen molar-refractivity contribution in [3.63, 3.8) is 0 Å². The zero-order chi connectivity index (χ0) is 16.8. The third-order valence-electron chi connectivity index (χ3n) is 4.78. The van der Waals surface area contributed by atoms with Crippen molar-refractivity contribution < 1.29 is 9.59 Å². The van der Waals surface area contributed by atoms with Crippen LogP contribution >= 0.6 is 11.6 Å². The van der Waals surface area contributed by atoms with Gasteiger partial charge in [0, 0.05) is 24.9 Å². The van der Waals surface area contributed by atoms with Crippen LogP contribution in [0.5, 0.6) is 0 Å². The van der Waals surface area contributed by atoms with Gasteiger partial charge in [0.2, 0.25) is 0 Å². The maximum atomic E-state index is 13.1. The summed E-state index contributed by atoms with van der Waals surface area (Å²) in [5.74, 6) is -0.0796. The largest absolute Gasteiger partial charge is 0.384 e. The molecule has 24 heavy (non-hydrogen) atoms. The summed E-state index contributed by atoms with van der Waals surface area (Å²) in [6.07, 6.45) is 1.93. The minimum Gasteiger partial charge on any atom is -0.384 e. The highest BCUT2D eigenvalue weighted by Gasteiger charge is 2.32. The number of para-hydroxylation sites is 1. The highest BCUT2D eigenvalue weighted by atomic mass is 35.5. The predicted molar refractivity (Wildman–Crippen MR) is 91.6 cm³/mol. The lowest BCUT2D eigenvalue weighted by atomic mass is 9.90. The number of nitrogen functional groups attached to an aromatic ring is 1. The number of nitrogens with zero attached hydrogens (tertiary/aromatic N) is 2. The number of ketones is 1. The molecule has 7 heteroatoms. The highest BCUT2D eigenvalue weighted by molar-refractivity contribution is 6.33. The van der Waals surface area contributed by atoms with E-state index in [-0.39, 0.29) is 24.0 Å². The lowest BCUT2D eigenvalue weighted by molar-refractivity contribution is -0.118. The lowest BCUT2D eigenvalue weighted by Gasteiger charge is -2.26. The summed E-state index contributed by atoms with van der Waals surface area (Å²) in [4.78, 5) is 24.7. The fraction of sp³-hybridized carbons (Fsp3) is 0.353. The Morgan fingerprint density at radius 2 is 2.21 bits per heavy atom. The molecule has 0 radical (unpaired) electrons. The van der Waals surface area contributed by atoms with Crippen molar-refractivity contribution in [2.45, 2.75) is 31.6 Å². The Morgan fingerprint density at radius 3 is 3.04 bits per heavy atom. The summed E-state index contributed by atoms with van der Waals surface area (Å²) in [5.41, 5.74) is 9.27. The molecule has 1 aromatic carbocycles. The first-order chi connectivity index (χ1) is 11.6. The van der Waals surface area contributed by atoms with Gasteiger partial charge in [0.1, 0.15) is 11.6 Å². The summed E-state index contributed by atoms with van der Waals surface area (Å²) >= 11 is 6.23. The van der Waals surface area contributed by atoms with Crippen molar-refractivity contribution in [3.05, 3.63) is 40.0 Å². The fourth-order valence-corrected chi connectivity index (χ4v) is 3.78. The van der Waals surface area contributed by atoms with E-state index in [1.54, 1.807) is 6.07 Å². The van der Waals surface area contributed by atoms with E-state index in [1.165, 1.54) is 4.68 Å². The summed E-state index contributed by atoms with van der Waals surface area (Å²) in [6, 6.07) is 5.54. The Labute approximate surface area is 144 Å². The van der Waals surface area contributed by atoms with Crippen molar-refractivity contribution in [1.82, 2.24) is 9.78 Å². The minimum atomic E-state index is -0.348. The number of benzene rings is 1. The average molecular weight is 345 g/mol. The Hall–Kier alpha value is -2.34. The lowest BCUT2D eigenvalue weighted by Crippen LogP contribution is -2.28. The number of fused-ring (bicyclic) bond motifs is 2. The molecule has 3 N–H and O–H groups in total. The van der Waals surface area contributed by atoms with Crippen molar-refractivity contribution in [3.8, 4) is 0 Å². The van der Waals surface area contributed by atoms with Gasteiger partial charge in [0.15, 0.2) is 0 Å². The van der Waals surface area contributed by atoms with Crippen LogP contribution in [0.15, 0.2) is 18.2 Å². The Balaban J connectivity index is 1.74. The molecular weight excluding hydrogens is 328 g/mol. The molecule has 0 fully saturated rings. The molecule has 6 nitrogen and oxygen atoms in total. The van der Waals surface area contributed by atoms with E-state index in [0.717, 1.165) is 16.9 Å². The number of carbonyl (C=O) groups excluding carboxylic acids is 2. The first-order valence-corrected chi connectivity index (χ1v) is 8.38. The van der Waals surface area contributed by atoms with Crippen LogP contribution < -0.4 is 11.1 Å². The molecule has 1 aromatic heterocycles. The summed E-state index contributed by atoms with van der Waals surface area (Å²) in [6.45, 7) is 0.659. The number of halogens is 1. The number of Topliss-reactive ketones (excluding diaryl/α,β-unsaturated/α-hetero) is 1. The van der Waals surface area contributed by atoms with Crippen LogP contribution in [0.4, 0.5) is 11.5 Å².